The zero-order valence-corrected chi connectivity index (χ0v) is 9.51. The molecule has 2 amide bonds. The van der Waals surface area contributed by atoms with Gasteiger partial charge in [0.1, 0.15) is 0 Å². The van der Waals surface area contributed by atoms with Crippen molar-refractivity contribution < 1.29 is 14.7 Å². The van der Waals surface area contributed by atoms with Crippen molar-refractivity contribution in [3.63, 3.8) is 0 Å². The summed E-state index contributed by atoms with van der Waals surface area (Å²) in [5, 5.41) is 12.3. The van der Waals surface area contributed by atoms with Crippen molar-refractivity contribution in [3.8, 4) is 0 Å². The molecule has 0 saturated heterocycles. The molecule has 6 heteroatoms. The molecule has 0 atom stereocenters. The quantitative estimate of drug-likeness (QED) is 0.402. The SMILES string of the molecule is CN(N)C(=O)NCCc1ccc(C(=O)O)cc1. The molecular formula is C11H15N3O3. The Bertz CT molecular complexity index is 401. The zero-order chi connectivity index (χ0) is 12.8. The first-order chi connectivity index (χ1) is 8.00. The Morgan fingerprint density at radius 2 is 1.94 bits per heavy atom. The Balaban J connectivity index is 2.42. The second-order valence-electron chi connectivity index (χ2n) is 3.59. The van der Waals surface area contributed by atoms with Crippen LogP contribution in [-0.2, 0) is 6.42 Å². The molecule has 1 aromatic rings. The number of rotatable bonds is 4. The third-order valence-electron chi connectivity index (χ3n) is 2.21. The van der Waals surface area contributed by atoms with E-state index >= 15 is 0 Å². The Morgan fingerprint density at radius 3 is 2.41 bits per heavy atom. The molecular weight excluding hydrogens is 222 g/mol. The second-order valence-corrected chi connectivity index (χ2v) is 3.59. The Morgan fingerprint density at radius 1 is 1.35 bits per heavy atom. The number of carboxylic acids is 1. The minimum absolute atomic E-state index is 0.250. The molecule has 0 heterocycles. The van der Waals surface area contributed by atoms with Crippen LogP contribution in [0.25, 0.3) is 0 Å². The van der Waals surface area contributed by atoms with Gasteiger partial charge >= 0.3 is 12.0 Å². The van der Waals surface area contributed by atoms with Gasteiger partial charge in [-0.25, -0.2) is 15.4 Å². The van der Waals surface area contributed by atoms with Gasteiger partial charge in [-0.15, -0.1) is 0 Å². The lowest BCUT2D eigenvalue weighted by Crippen LogP contribution is -2.42. The molecule has 6 nitrogen and oxygen atoms in total. The summed E-state index contributed by atoms with van der Waals surface area (Å²) in [6.07, 6.45) is 0.624. The van der Waals surface area contributed by atoms with E-state index in [1.165, 1.54) is 19.2 Å². The van der Waals surface area contributed by atoms with Crippen LogP contribution in [-0.4, -0.2) is 35.7 Å². The lowest BCUT2D eigenvalue weighted by molar-refractivity contribution is 0.0697. The number of hydrazine groups is 1. The molecule has 0 fully saturated rings. The topological polar surface area (TPSA) is 95.7 Å². The molecule has 17 heavy (non-hydrogen) atoms. The fourth-order valence-electron chi connectivity index (χ4n) is 1.25. The smallest absolute Gasteiger partial charge is 0.335 e. The first kappa shape index (κ1) is 13.0. The fraction of sp³-hybridized carbons (Fsp3) is 0.273. The summed E-state index contributed by atoms with van der Waals surface area (Å²) in [7, 11) is 1.46. The number of carboxylic acid groups (broad SMARTS) is 1. The molecule has 0 aliphatic carbocycles. The van der Waals surface area contributed by atoms with E-state index < -0.39 is 5.97 Å². The summed E-state index contributed by atoms with van der Waals surface area (Å²) in [4.78, 5) is 21.7. The van der Waals surface area contributed by atoms with Crippen molar-refractivity contribution in [3.05, 3.63) is 35.4 Å². The third-order valence-corrected chi connectivity index (χ3v) is 2.21. The van der Waals surface area contributed by atoms with Gasteiger partial charge in [0, 0.05) is 13.6 Å². The van der Waals surface area contributed by atoms with Crippen molar-refractivity contribution in [2.75, 3.05) is 13.6 Å². The minimum Gasteiger partial charge on any atom is -0.478 e. The summed E-state index contributed by atoms with van der Waals surface area (Å²) in [5.41, 5.74) is 1.20. The van der Waals surface area contributed by atoms with Crippen molar-refractivity contribution in [1.29, 1.82) is 0 Å². The van der Waals surface area contributed by atoms with Crippen LogP contribution in [0.4, 0.5) is 4.79 Å². The molecule has 0 unspecified atom stereocenters. The molecule has 1 aromatic carbocycles. The van der Waals surface area contributed by atoms with Crippen molar-refractivity contribution >= 4 is 12.0 Å². The van der Waals surface area contributed by atoms with Crippen LogP contribution in [0.2, 0.25) is 0 Å². The van der Waals surface area contributed by atoms with Gasteiger partial charge in [0.15, 0.2) is 0 Å². The van der Waals surface area contributed by atoms with Gasteiger partial charge < -0.3 is 10.4 Å². The van der Waals surface area contributed by atoms with Crippen molar-refractivity contribution in [1.82, 2.24) is 10.3 Å². The van der Waals surface area contributed by atoms with Crippen molar-refractivity contribution in [2.24, 2.45) is 5.84 Å². The van der Waals surface area contributed by atoms with Gasteiger partial charge in [0.2, 0.25) is 0 Å². The van der Waals surface area contributed by atoms with Crippen molar-refractivity contribution in [2.45, 2.75) is 6.42 Å². The normalized spacial score (nSPS) is 9.76. The number of hydrogen-bond acceptors (Lipinski definition) is 3. The lowest BCUT2D eigenvalue weighted by atomic mass is 10.1. The second kappa shape index (κ2) is 5.86. The molecule has 4 N–H and O–H groups in total. The van der Waals surface area contributed by atoms with E-state index in [0.29, 0.717) is 13.0 Å². The van der Waals surface area contributed by atoms with E-state index in [0.717, 1.165) is 10.6 Å². The highest BCUT2D eigenvalue weighted by Crippen LogP contribution is 2.04. The lowest BCUT2D eigenvalue weighted by Gasteiger charge is -2.11. The molecule has 0 spiro atoms. The Hall–Kier alpha value is -2.08. The number of carbonyl (C=O) groups is 2. The predicted molar refractivity (Wildman–Crippen MR) is 62.5 cm³/mol. The molecule has 0 aliphatic rings. The van der Waals surface area contributed by atoms with Crippen LogP contribution in [0.15, 0.2) is 24.3 Å². The maximum Gasteiger partial charge on any atom is 0.335 e. The van der Waals surface area contributed by atoms with Crippen LogP contribution >= 0.6 is 0 Å². The summed E-state index contributed by atoms with van der Waals surface area (Å²) < 4.78 is 0. The highest BCUT2D eigenvalue weighted by atomic mass is 16.4. The van der Waals surface area contributed by atoms with Gasteiger partial charge in [-0.2, -0.15) is 0 Å². The number of nitrogens with one attached hydrogen (secondary N) is 1. The molecule has 0 aliphatic heterocycles. The van der Waals surface area contributed by atoms with Gasteiger partial charge in [-0.05, 0) is 24.1 Å². The number of amides is 2. The van der Waals surface area contributed by atoms with Gasteiger partial charge in [-0.3, -0.25) is 5.01 Å². The van der Waals surface area contributed by atoms with Crippen LogP contribution in [0.3, 0.4) is 0 Å². The number of nitrogens with zero attached hydrogens (tertiary/aromatic N) is 1. The predicted octanol–water partition coefficient (Wildman–Crippen LogP) is 0.442. The molecule has 1 rings (SSSR count). The number of urea groups is 1. The average Bonchev–Trinajstić information content (AvgIpc) is 2.29. The standard InChI is InChI=1S/C11H15N3O3/c1-14(12)11(17)13-7-6-8-2-4-9(5-3-8)10(15)16/h2-5H,6-7,12H2,1H3,(H,13,17)(H,15,16). The van der Waals surface area contributed by atoms with E-state index in [-0.39, 0.29) is 11.6 Å². The van der Waals surface area contributed by atoms with Gasteiger partial charge in [0.05, 0.1) is 5.56 Å². The molecule has 0 radical (unpaired) electrons. The van der Waals surface area contributed by atoms with Crippen LogP contribution in [0, 0.1) is 0 Å². The maximum atomic E-state index is 11.1. The minimum atomic E-state index is -0.949. The van der Waals surface area contributed by atoms with E-state index in [4.69, 9.17) is 10.9 Å². The molecule has 0 saturated carbocycles. The first-order valence-electron chi connectivity index (χ1n) is 5.09. The zero-order valence-electron chi connectivity index (χ0n) is 9.51. The largest absolute Gasteiger partial charge is 0.478 e. The molecule has 92 valence electrons. The molecule has 0 aromatic heterocycles. The Kier molecular flexibility index (Phi) is 4.47. The van der Waals surface area contributed by atoms with Crippen LogP contribution < -0.4 is 11.2 Å². The number of aromatic carboxylic acids is 1. The van der Waals surface area contributed by atoms with E-state index in [9.17, 15) is 9.59 Å². The number of carbonyl (C=O) groups excluding carboxylic acids is 1. The summed E-state index contributed by atoms with van der Waals surface area (Å²) in [5.74, 6) is 4.28. The highest BCUT2D eigenvalue weighted by Gasteiger charge is 2.04. The van der Waals surface area contributed by atoms with Gasteiger partial charge in [0.25, 0.3) is 0 Å². The maximum absolute atomic E-state index is 11.1. The van der Waals surface area contributed by atoms with E-state index in [1.54, 1.807) is 12.1 Å². The monoisotopic (exact) mass is 237 g/mol. The van der Waals surface area contributed by atoms with E-state index in [2.05, 4.69) is 5.32 Å². The highest BCUT2D eigenvalue weighted by molar-refractivity contribution is 5.87. The summed E-state index contributed by atoms with van der Waals surface area (Å²) >= 11 is 0. The van der Waals surface area contributed by atoms with Crippen LogP contribution in [0.5, 0.6) is 0 Å². The summed E-state index contributed by atoms with van der Waals surface area (Å²) in [6.45, 7) is 0.451. The first-order valence-corrected chi connectivity index (χ1v) is 5.09. The van der Waals surface area contributed by atoms with E-state index in [1.807, 2.05) is 0 Å². The number of nitrogens with two attached hydrogens (primary N) is 1. The summed E-state index contributed by atoms with van der Waals surface area (Å²) in [6, 6.07) is 6.17. The Labute approximate surface area is 99.0 Å². The fourth-order valence-corrected chi connectivity index (χ4v) is 1.25. The average molecular weight is 237 g/mol. The number of benzene rings is 1. The third kappa shape index (κ3) is 4.12. The van der Waals surface area contributed by atoms with Crippen LogP contribution in [0.1, 0.15) is 15.9 Å². The van der Waals surface area contributed by atoms with Gasteiger partial charge in [-0.1, -0.05) is 12.1 Å². The molecule has 0 bridgehead atoms. The number of hydrogen-bond donors (Lipinski definition) is 3.